The lowest BCUT2D eigenvalue weighted by molar-refractivity contribution is -0.153. The van der Waals surface area contributed by atoms with Gasteiger partial charge in [0, 0.05) is 13.1 Å². The van der Waals surface area contributed by atoms with Crippen LogP contribution in [-0.2, 0) is 22.6 Å². The second-order valence-electron chi connectivity index (χ2n) is 10.6. The Kier molecular flexibility index (Phi) is 8.56. The fourth-order valence-electron chi connectivity index (χ4n) is 4.28. The molecule has 2 aromatic heterocycles. The first-order valence-electron chi connectivity index (χ1n) is 13.0. The quantitative estimate of drug-likeness (QED) is 0.276. The summed E-state index contributed by atoms with van der Waals surface area (Å²) >= 11 is 0. The Morgan fingerprint density at radius 1 is 1.00 bits per heavy atom. The van der Waals surface area contributed by atoms with Crippen LogP contribution in [0.4, 0.5) is 5.82 Å². The number of aryl methyl sites for hydroxylation is 1. The van der Waals surface area contributed by atoms with Gasteiger partial charge in [0.2, 0.25) is 0 Å². The Morgan fingerprint density at radius 3 is 2.17 bits per heavy atom. The van der Waals surface area contributed by atoms with Crippen molar-refractivity contribution in [2.45, 2.75) is 46.4 Å². The van der Waals surface area contributed by atoms with Crippen molar-refractivity contribution in [1.82, 2.24) is 19.9 Å². The summed E-state index contributed by atoms with van der Waals surface area (Å²) < 4.78 is 11.8. The molecule has 0 unspecified atom stereocenters. The first-order chi connectivity index (χ1) is 19.4. The number of esters is 1. The Morgan fingerprint density at radius 2 is 1.61 bits per heavy atom. The number of aromatic nitrogens is 3. The number of hydrogen-bond acceptors (Lipinski definition) is 8. The smallest absolute Gasteiger partial charge is 0.338 e. The molecule has 0 aliphatic heterocycles. The van der Waals surface area contributed by atoms with Gasteiger partial charge in [-0.1, -0.05) is 42.0 Å². The molecular weight excluding hydrogens is 526 g/mol. The van der Waals surface area contributed by atoms with E-state index in [0.29, 0.717) is 24.7 Å². The average Bonchev–Trinajstić information content (AvgIpc) is 3.32. The standard InChI is InChI=1S/C30H33N5O6/c1-19-6-8-20(9-7-19)16-34(17-21-10-12-22(40-5)13-11-21)27-26-23(29(38)39)14-24(35(26)33-18-32-27)28(37)31-15-25(36)41-30(2,3)4/h6-14,18H,15-17H2,1-5H3,(H,31,37)(H,38,39). The van der Waals surface area contributed by atoms with Crippen molar-refractivity contribution in [2.75, 3.05) is 18.6 Å². The normalized spacial score (nSPS) is 11.2. The lowest BCUT2D eigenvalue weighted by atomic mass is 10.1. The van der Waals surface area contributed by atoms with E-state index in [1.807, 2.05) is 60.4 Å². The molecule has 2 heterocycles. The van der Waals surface area contributed by atoms with Crippen LogP contribution in [-0.4, -0.2) is 56.8 Å². The monoisotopic (exact) mass is 559 g/mol. The molecule has 0 bridgehead atoms. The number of hydrogen-bond donors (Lipinski definition) is 2. The van der Waals surface area contributed by atoms with Crippen molar-refractivity contribution in [1.29, 1.82) is 0 Å². The van der Waals surface area contributed by atoms with Crippen molar-refractivity contribution < 1.29 is 29.0 Å². The first-order valence-corrected chi connectivity index (χ1v) is 13.0. The minimum Gasteiger partial charge on any atom is -0.497 e. The number of amides is 1. The zero-order chi connectivity index (χ0) is 29.7. The molecule has 4 aromatic rings. The third kappa shape index (κ3) is 7.18. The number of carboxylic acids is 1. The Balaban J connectivity index is 1.75. The van der Waals surface area contributed by atoms with Crippen LogP contribution in [0.25, 0.3) is 5.52 Å². The van der Waals surface area contributed by atoms with Gasteiger partial charge in [0.15, 0.2) is 5.82 Å². The van der Waals surface area contributed by atoms with E-state index in [0.717, 1.165) is 16.7 Å². The molecule has 0 atom stereocenters. The van der Waals surface area contributed by atoms with Crippen LogP contribution in [0.1, 0.15) is 58.3 Å². The highest BCUT2D eigenvalue weighted by Gasteiger charge is 2.26. The maximum absolute atomic E-state index is 13.1. The van der Waals surface area contributed by atoms with Crippen LogP contribution in [0.15, 0.2) is 60.9 Å². The lowest BCUT2D eigenvalue weighted by Gasteiger charge is -2.25. The van der Waals surface area contributed by atoms with Crippen LogP contribution in [0.5, 0.6) is 5.75 Å². The predicted octanol–water partition coefficient (Wildman–Crippen LogP) is 4.02. The van der Waals surface area contributed by atoms with E-state index in [9.17, 15) is 19.5 Å². The van der Waals surface area contributed by atoms with Crippen molar-refractivity contribution in [2.24, 2.45) is 0 Å². The van der Waals surface area contributed by atoms with E-state index in [4.69, 9.17) is 9.47 Å². The summed E-state index contributed by atoms with van der Waals surface area (Å²) in [6.45, 7) is 7.57. The van der Waals surface area contributed by atoms with E-state index in [2.05, 4.69) is 15.4 Å². The second-order valence-corrected chi connectivity index (χ2v) is 10.6. The third-order valence-corrected chi connectivity index (χ3v) is 6.14. The van der Waals surface area contributed by atoms with Gasteiger partial charge in [-0.25, -0.2) is 14.3 Å². The maximum Gasteiger partial charge on any atom is 0.338 e. The van der Waals surface area contributed by atoms with E-state index in [-0.39, 0.29) is 23.3 Å². The van der Waals surface area contributed by atoms with E-state index >= 15 is 0 Å². The van der Waals surface area contributed by atoms with Gasteiger partial charge in [-0.3, -0.25) is 9.59 Å². The number of benzene rings is 2. The molecule has 11 nitrogen and oxygen atoms in total. The molecule has 0 aliphatic rings. The number of rotatable bonds is 10. The topological polar surface area (TPSA) is 135 Å². The summed E-state index contributed by atoms with van der Waals surface area (Å²) in [7, 11) is 1.59. The summed E-state index contributed by atoms with van der Waals surface area (Å²) in [4.78, 5) is 44.0. The van der Waals surface area contributed by atoms with Gasteiger partial charge in [-0.2, -0.15) is 5.10 Å². The zero-order valence-electron chi connectivity index (χ0n) is 23.7. The number of aromatic carboxylic acids is 1. The highest BCUT2D eigenvalue weighted by atomic mass is 16.6. The van der Waals surface area contributed by atoms with Crippen LogP contribution >= 0.6 is 0 Å². The molecule has 0 spiro atoms. The summed E-state index contributed by atoms with van der Waals surface area (Å²) in [5, 5.41) is 16.8. The average molecular weight is 560 g/mol. The molecule has 0 aliphatic carbocycles. The molecule has 0 radical (unpaired) electrons. The number of carboxylic acid groups (broad SMARTS) is 1. The minimum atomic E-state index is -1.25. The van der Waals surface area contributed by atoms with Crippen molar-refractivity contribution in [3.05, 3.63) is 88.9 Å². The number of nitrogens with zero attached hydrogens (tertiary/aromatic N) is 4. The molecule has 0 saturated heterocycles. The molecular formula is C30H33N5O6. The van der Waals surface area contributed by atoms with Gasteiger partial charge >= 0.3 is 11.9 Å². The van der Waals surface area contributed by atoms with E-state index in [1.165, 1.54) is 16.9 Å². The number of ether oxygens (including phenoxy) is 2. The number of carbonyl (C=O) groups is 3. The summed E-state index contributed by atoms with van der Waals surface area (Å²) in [6.07, 6.45) is 1.27. The second kappa shape index (κ2) is 12.1. The Bertz CT molecular complexity index is 1560. The lowest BCUT2D eigenvalue weighted by Crippen LogP contribution is -2.35. The van der Waals surface area contributed by atoms with Gasteiger partial charge in [0.25, 0.3) is 5.91 Å². The molecule has 0 saturated carbocycles. The first kappa shape index (κ1) is 29.1. The number of anilines is 1. The van der Waals surface area contributed by atoms with Crippen LogP contribution < -0.4 is 15.0 Å². The summed E-state index contributed by atoms with van der Waals surface area (Å²) in [5.74, 6) is -1.50. The Labute approximate surface area is 237 Å². The Hall–Kier alpha value is -4.93. The van der Waals surface area contributed by atoms with Crippen molar-refractivity contribution >= 4 is 29.2 Å². The fourth-order valence-corrected chi connectivity index (χ4v) is 4.28. The molecule has 214 valence electrons. The molecule has 2 aromatic carbocycles. The van der Waals surface area contributed by atoms with Gasteiger partial charge in [-0.15, -0.1) is 0 Å². The predicted molar refractivity (Wildman–Crippen MR) is 152 cm³/mol. The van der Waals surface area contributed by atoms with Crippen LogP contribution in [0, 0.1) is 6.92 Å². The molecule has 2 N–H and O–H groups in total. The number of fused-ring (bicyclic) bond motifs is 1. The third-order valence-electron chi connectivity index (χ3n) is 6.14. The van der Waals surface area contributed by atoms with Gasteiger partial charge < -0.3 is 24.8 Å². The highest BCUT2D eigenvalue weighted by Crippen LogP contribution is 2.28. The number of nitrogens with one attached hydrogen (secondary N) is 1. The molecule has 0 fully saturated rings. The van der Waals surface area contributed by atoms with Gasteiger partial charge in [0.05, 0.1) is 12.7 Å². The number of methoxy groups -OCH3 is 1. The summed E-state index contributed by atoms with van der Waals surface area (Å²) in [5.41, 5.74) is 2.28. The molecule has 4 rings (SSSR count). The molecule has 1 amide bonds. The zero-order valence-corrected chi connectivity index (χ0v) is 23.7. The number of carbonyl (C=O) groups excluding carboxylic acids is 2. The SMILES string of the molecule is COc1ccc(CN(Cc2ccc(C)cc2)c2ncnn3c(C(=O)NCC(=O)OC(C)(C)C)cc(C(=O)O)c23)cc1. The van der Waals surface area contributed by atoms with E-state index in [1.54, 1.807) is 27.9 Å². The maximum atomic E-state index is 13.1. The van der Waals surface area contributed by atoms with Crippen LogP contribution in [0.3, 0.4) is 0 Å². The summed E-state index contributed by atoms with van der Waals surface area (Å²) in [6, 6.07) is 16.8. The van der Waals surface area contributed by atoms with Crippen molar-refractivity contribution in [3.63, 3.8) is 0 Å². The van der Waals surface area contributed by atoms with Gasteiger partial charge in [-0.05, 0) is 57.0 Å². The molecule has 11 heteroatoms. The largest absolute Gasteiger partial charge is 0.497 e. The minimum absolute atomic E-state index is 0.0515. The van der Waals surface area contributed by atoms with Crippen LogP contribution in [0.2, 0.25) is 0 Å². The fraction of sp³-hybridized carbons (Fsp3) is 0.300. The highest BCUT2D eigenvalue weighted by molar-refractivity contribution is 6.05. The van der Waals surface area contributed by atoms with Gasteiger partial charge in [0.1, 0.15) is 35.4 Å². The van der Waals surface area contributed by atoms with Crippen molar-refractivity contribution in [3.8, 4) is 5.75 Å². The molecule has 41 heavy (non-hydrogen) atoms. The van der Waals surface area contributed by atoms with E-state index < -0.39 is 23.4 Å².